The van der Waals surface area contributed by atoms with Gasteiger partial charge in [0.2, 0.25) is 0 Å². The van der Waals surface area contributed by atoms with Crippen LogP contribution in [0.15, 0.2) is 30.3 Å². The second kappa shape index (κ2) is 5.36. The minimum atomic E-state index is 0.674. The first-order chi connectivity index (χ1) is 10.8. The zero-order valence-corrected chi connectivity index (χ0v) is 12.6. The molecule has 1 fully saturated rings. The predicted octanol–water partition coefficient (Wildman–Crippen LogP) is 2.18. The molecule has 6 heteroatoms. The lowest BCUT2D eigenvalue weighted by Gasteiger charge is -2.16. The fourth-order valence-electron chi connectivity index (χ4n) is 2.96. The smallest absolute Gasteiger partial charge is 0.184 e. The van der Waals surface area contributed by atoms with Gasteiger partial charge in [0.1, 0.15) is 5.82 Å². The van der Waals surface area contributed by atoms with Crippen molar-refractivity contribution in [3.05, 3.63) is 41.7 Å². The van der Waals surface area contributed by atoms with Crippen LogP contribution in [0.5, 0.6) is 0 Å². The molecule has 3 aromatic rings. The average Bonchev–Trinajstić information content (AvgIpc) is 3.18. The van der Waals surface area contributed by atoms with Crippen LogP contribution >= 0.6 is 0 Å². The van der Waals surface area contributed by atoms with Gasteiger partial charge in [0.15, 0.2) is 17.0 Å². The highest BCUT2D eigenvalue weighted by molar-refractivity contribution is 5.83. The number of rotatable bonds is 3. The maximum atomic E-state index is 4.60. The zero-order valence-electron chi connectivity index (χ0n) is 12.6. The van der Waals surface area contributed by atoms with Crippen LogP contribution in [-0.4, -0.2) is 38.1 Å². The summed E-state index contributed by atoms with van der Waals surface area (Å²) in [4.78, 5) is 11.5. The Morgan fingerprint density at radius 2 is 1.82 bits per heavy atom. The number of hydrogen-bond acceptors (Lipinski definition) is 5. The van der Waals surface area contributed by atoms with E-state index in [0.717, 1.165) is 35.9 Å². The third-order valence-electron chi connectivity index (χ3n) is 4.04. The van der Waals surface area contributed by atoms with Crippen LogP contribution in [0.3, 0.4) is 0 Å². The highest BCUT2D eigenvalue weighted by Gasteiger charge is 2.21. The van der Waals surface area contributed by atoms with E-state index in [1.165, 1.54) is 18.4 Å². The Kier molecular flexibility index (Phi) is 3.21. The second-order valence-corrected chi connectivity index (χ2v) is 5.69. The van der Waals surface area contributed by atoms with Gasteiger partial charge < -0.3 is 4.90 Å². The largest absolute Gasteiger partial charge is 0.355 e. The van der Waals surface area contributed by atoms with Gasteiger partial charge in [-0.15, -0.1) is 5.10 Å². The Morgan fingerprint density at radius 3 is 2.59 bits per heavy atom. The molecule has 6 nitrogen and oxygen atoms in total. The van der Waals surface area contributed by atoms with Crippen LogP contribution in [0.2, 0.25) is 0 Å². The lowest BCUT2D eigenvalue weighted by Crippen LogP contribution is -2.20. The number of nitrogens with zero attached hydrogens (tertiary/aromatic N) is 6. The Morgan fingerprint density at radius 1 is 1.05 bits per heavy atom. The molecule has 0 saturated carbocycles. The normalized spacial score (nSPS) is 14.9. The van der Waals surface area contributed by atoms with Crippen molar-refractivity contribution in [3.63, 3.8) is 0 Å². The van der Waals surface area contributed by atoms with Crippen molar-refractivity contribution >= 4 is 17.0 Å². The maximum absolute atomic E-state index is 4.60. The maximum Gasteiger partial charge on any atom is 0.184 e. The van der Waals surface area contributed by atoms with Crippen molar-refractivity contribution in [2.45, 2.75) is 26.3 Å². The fourth-order valence-corrected chi connectivity index (χ4v) is 2.96. The van der Waals surface area contributed by atoms with E-state index in [9.17, 15) is 0 Å². The van der Waals surface area contributed by atoms with E-state index >= 15 is 0 Å². The highest BCUT2D eigenvalue weighted by Crippen LogP contribution is 2.25. The molecule has 1 saturated heterocycles. The molecule has 2 aromatic heterocycles. The van der Waals surface area contributed by atoms with Gasteiger partial charge in [0.05, 0.1) is 6.54 Å². The standard InChI is InChI=1S/C16H18N6/c1-12-17-15(21-9-5-6-10-21)14-16(18-12)22(20-19-14)11-13-7-3-2-4-8-13/h2-4,7-8H,5-6,9-11H2,1H3. The first-order valence-corrected chi connectivity index (χ1v) is 7.68. The van der Waals surface area contributed by atoms with E-state index in [4.69, 9.17) is 0 Å². The van der Waals surface area contributed by atoms with Gasteiger partial charge in [-0.2, -0.15) is 0 Å². The Balaban J connectivity index is 1.78. The molecular weight excluding hydrogens is 276 g/mol. The van der Waals surface area contributed by atoms with Crippen molar-refractivity contribution in [2.75, 3.05) is 18.0 Å². The van der Waals surface area contributed by atoms with Crippen LogP contribution in [0.4, 0.5) is 5.82 Å². The molecule has 0 unspecified atom stereocenters. The second-order valence-electron chi connectivity index (χ2n) is 5.69. The molecule has 3 heterocycles. The molecular formula is C16H18N6. The molecule has 0 aliphatic carbocycles. The van der Waals surface area contributed by atoms with Crippen LogP contribution in [0.1, 0.15) is 24.2 Å². The Bertz CT molecular complexity index is 789. The molecule has 112 valence electrons. The van der Waals surface area contributed by atoms with Gasteiger partial charge in [-0.1, -0.05) is 35.5 Å². The summed E-state index contributed by atoms with van der Waals surface area (Å²) in [7, 11) is 0. The molecule has 1 aliphatic heterocycles. The number of anilines is 1. The minimum absolute atomic E-state index is 0.674. The van der Waals surface area contributed by atoms with Crippen LogP contribution in [0.25, 0.3) is 11.2 Å². The molecule has 0 spiro atoms. The molecule has 22 heavy (non-hydrogen) atoms. The Labute approximate surface area is 128 Å². The quantitative estimate of drug-likeness (QED) is 0.741. The molecule has 0 atom stereocenters. The summed E-state index contributed by atoms with van der Waals surface area (Å²) in [5.74, 6) is 1.70. The lowest BCUT2D eigenvalue weighted by molar-refractivity contribution is 0.663. The SMILES string of the molecule is Cc1nc(N2CCCC2)c2nnn(Cc3ccccc3)c2n1. The van der Waals surface area contributed by atoms with E-state index in [0.29, 0.717) is 6.54 Å². The van der Waals surface area contributed by atoms with Crippen molar-refractivity contribution < 1.29 is 0 Å². The monoisotopic (exact) mass is 294 g/mol. The van der Waals surface area contributed by atoms with Crippen molar-refractivity contribution in [1.29, 1.82) is 0 Å². The van der Waals surface area contributed by atoms with Crippen molar-refractivity contribution in [1.82, 2.24) is 25.0 Å². The number of fused-ring (bicyclic) bond motifs is 1. The number of benzene rings is 1. The van der Waals surface area contributed by atoms with E-state index in [1.807, 2.05) is 29.8 Å². The molecule has 0 amide bonds. The van der Waals surface area contributed by atoms with E-state index < -0.39 is 0 Å². The molecule has 1 aromatic carbocycles. The van der Waals surface area contributed by atoms with Crippen molar-refractivity contribution in [3.8, 4) is 0 Å². The summed E-state index contributed by atoms with van der Waals surface area (Å²) in [6.45, 7) is 4.68. The highest BCUT2D eigenvalue weighted by atomic mass is 15.4. The molecule has 0 bridgehead atoms. The van der Waals surface area contributed by atoms with Gasteiger partial charge in [-0.25, -0.2) is 14.6 Å². The van der Waals surface area contributed by atoms with Gasteiger partial charge >= 0.3 is 0 Å². The third kappa shape index (κ3) is 2.30. The topological polar surface area (TPSA) is 59.7 Å². The number of aryl methyl sites for hydroxylation is 1. The zero-order chi connectivity index (χ0) is 14.9. The van der Waals surface area contributed by atoms with E-state index in [2.05, 4.69) is 37.3 Å². The van der Waals surface area contributed by atoms with Crippen LogP contribution < -0.4 is 4.90 Å². The third-order valence-corrected chi connectivity index (χ3v) is 4.04. The summed E-state index contributed by atoms with van der Waals surface area (Å²) in [5.41, 5.74) is 2.81. The first-order valence-electron chi connectivity index (χ1n) is 7.68. The molecule has 1 aliphatic rings. The van der Waals surface area contributed by atoms with Crippen LogP contribution in [0, 0.1) is 6.92 Å². The minimum Gasteiger partial charge on any atom is -0.355 e. The fraction of sp³-hybridized carbons (Fsp3) is 0.375. The van der Waals surface area contributed by atoms with Crippen LogP contribution in [-0.2, 0) is 6.54 Å². The first kappa shape index (κ1) is 13.2. The summed E-state index contributed by atoms with van der Waals surface area (Å²) in [6.07, 6.45) is 2.42. The molecule has 4 rings (SSSR count). The van der Waals surface area contributed by atoms with Gasteiger partial charge in [0.25, 0.3) is 0 Å². The molecule has 0 N–H and O–H groups in total. The number of aromatic nitrogens is 5. The lowest BCUT2D eigenvalue weighted by atomic mass is 10.2. The summed E-state index contributed by atoms with van der Waals surface area (Å²) in [5, 5.41) is 8.65. The van der Waals surface area contributed by atoms with Gasteiger partial charge in [-0.05, 0) is 25.3 Å². The summed E-state index contributed by atoms with van der Waals surface area (Å²) < 4.78 is 1.86. The Hall–Kier alpha value is -2.50. The predicted molar refractivity (Wildman–Crippen MR) is 84.8 cm³/mol. The van der Waals surface area contributed by atoms with Gasteiger partial charge in [-0.3, -0.25) is 0 Å². The van der Waals surface area contributed by atoms with E-state index in [1.54, 1.807) is 0 Å². The van der Waals surface area contributed by atoms with E-state index in [-0.39, 0.29) is 0 Å². The van der Waals surface area contributed by atoms with Gasteiger partial charge in [0, 0.05) is 13.1 Å². The number of hydrogen-bond donors (Lipinski definition) is 0. The summed E-state index contributed by atoms with van der Waals surface area (Å²) >= 11 is 0. The van der Waals surface area contributed by atoms with Crippen molar-refractivity contribution in [2.24, 2.45) is 0 Å². The summed E-state index contributed by atoms with van der Waals surface area (Å²) in [6, 6.07) is 10.3. The average molecular weight is 294 g/mol. The molecule has 0 radical (unpaired) electrons.